The number of fused-ring (bicyclic) bond motifs is 1. The molecular formula is C23H27FN4O2. The topological polar surface area (TPSA) is 63.3 Å². The largest absolute Gasteiger partial charge is 0.468 e. The van der Waals surface area contributed by atoms with E-state index < -0.39 is 0 Å². The first-order valence-electron chi connectivity index (χ1n) is 10.5. The van der Waals surface area contributed by atoms with Gasteiger partial charge in [0.1, 0.15) is 11.6 Å². The van der Waals surface area contributed by atoms with Crippen molar-refractivity contribution in [2.75, 3.05) is 19.6 Å². The molecule has 1 aromatic carbocycles. The summed E-state index contributed by atoms with van der Waals surface area (Å²) < 4.78 is 20.7. The zero-order valence-corrected chi connectivity index (χ0v) is 17.4. The molecule has 1 amide bonds. The summed E-state index contributed by atoms with van der Waals surface area (Å²) in [6.45, 7) is 6.34. The maximum atomic E-state index is 13.3. The third-order valence-corrected chi connectivity index (χ3v) is 5.80. The highest BCUT2D eigenvalue weighted by Gasteiger charge is 2.28. The molecule has 1 aliphatic rings. The number of halogens is 1. The molecule has 1 aliphatic carbocycles. The van der Waals surface area contributed by atoms with Crippen molar-refractivity contribution in [3.63, 3.8) is 0 Å². The highest BCUT2D eigenvalue weighted by atomic mass is 19.1. The molecule has 3 aromatic rings. The van der Waals surface area contributed by atoms with Gasteiger partial charge in [-0.25, -0.2) is 9.07 Å². The molecule has 0 saturated carbocycles. The van der Waals surface area contributed by atoms with Crippen molar-refractivity contribution in [3.05, 3.63) is 71.2 Å². The van der Waals surface area contributed by atoms with Gasteiger partial charge in [-0.2, -0.15) is 5.10 Å². The van der Waals surface area contributed by atoms with E-state index in [0.29, 0.717) is 12.2 Å². The lowest BCUT2D eigenvalue weighted by Gasteiger charge is -2.28. The van der Waals surface area contributed by atoms with Crippen molar-refractivity contribution < 1.29 is 13.6 Å². The molecule has 2 aromatic heterocycles. The first-order valence-corrected chi connectivity index (χ1v) is 10.5. The van der Waals surface area contributed by atoms with Gasteiger partial charge in [-0.05, 0) is 68.8 Å². The molecule has 7 heteroatoms. The number of benzene rings is 1. The number of furan rings is 1. The van der Waals surface area contributed by atoms with Crippen molar-refractivity contribution in [2.45, 2.75) is 39.2 Å². The Labute approximate surface area is 175 Å². The zero-order chi connectivity index (χ0) is 21.1. The molecule has 0 aliphatic heterocycles. The molecule has 1 unspecified atom stereocenters. The predicted octanol–water partition coefficient (Wildman–Crippen LogP) is 3.91. The van der Waals surface area contributed by atoms with Crippen LogP contribution in [0.1, 0.15) is 53.8 Å². The second-order valence-corrected chi connectivity index (χ2v) is 7.48. The van der Waals surface area contributed by atoms with E-state index in [9.17, 15) is 9.18 Å². The van der Waals surface area contributed by atoms with Crippen LogP contribution in [0.3, 0.4) is 0 Å². The summed E-state index contributed by atoms with van der Waals surface area (Å²) in [5.74, 6) is 0.361. The van der Waals surface area contributed by atoms with Gasteiger partial charge in [0.25, 0.3) is 5.91 Å². The number of carbonyl (C=O) groups is 1. The van der Waals surface area contributed by atoms with Crippen LogP contribution in [0.2, 0.25) is 0 Å². The lowest BCUT2D eigenvalue weighted by Crippen LogP contribution is -2.38. The molecule has 2 heterocycles. The summed E-state index contributed by atoms with van der Waals surface area (Å²) in [7, 11) is 0. The van der Waals surface area contributed by atoms with Gasteiger partial charge in [0.2, 0.25) is 0 Å². The fraction of sp³-hybridized carbons (Fsp3) is 0.391. The number of nitrogens with zero attached hydrogens (tertiary/aromatic N) is 3. The number of aromatic nitrogens is 2. The van der Waals surface area contributed by atoms with Crippen LogP contribution in [0.5, 0.6) is 0 Å². The minimum Gasteiger partial charge on any atom is -0.468 e. The monoisotopic (exact) mass is 410 g/mol. The quantitative estimate of drug-likeness (QED) is 0.612. The number of hydrogen-bond donors (Lipinski definition) is 1. The molecule has 0 fully saturated rings. The Bertz CT molecular complexity index is 991. The van der Waals surface area contributed by atoms with E-state index in [-0.39, 0.29) is 17.8 Å². The molecule has 1 atom stereocenters. The van der Waals surface area contributed by atoms with Gasteiger partial charge in [-0.3, -0.25) is 9.69 Å². The molecule has 4 rings (SSSR count). The molecule has 0 bridgehead atoms. The Morgan fingerprint density at radius 3 is 2.67 bits per heavy atom. The first kappa shape index (κ1) is 20.3. The number of amides is 1. The Morgan fingerprint density at radius 1 is 1.23 bits per heavy atom. The van der Waals surface area contributed by atoms with Crippen LogP contribution < -0.4 is 5.32 Å². The van der Waals surface area contributed by atoms with E-state index in [1.54, 1.807) is 23.1 Å². The van der Waals surface area contributed by atoms with Crippen molar-refractivity contribution in [1.29, 1.82) is 0 Å². The second-order valence-electron chi connectivity index (χ2n) is 7.48. The highest BCUT2D eigenvalue weighted by Crippen LogP contribution is 2.28. The second kappa shape index (κ2) is 8.83. The van der Waals surface area contributed by atoms with E-state index >= 15 is 0 Å². The maximum Gasteiger partial charge on any atom is 0.272 e. The number of nitrogens with one attached hydrogen (secondary N) is 1. The van der Waals surface area contributed by atoms with Crippen molar-refractivity contribution >= 4 is 5.91 Å². The van der Waals surface area contributed by atoms with Crippen molar-refractivity contribution in [3.8, 4) is 5.69 Å². The number of rotatable bonds is 8. The van der Waals surface area contributed by atoms with Gasteiger partial charge in [-0.1, -0.05) is 13.8 Å². The summed E-state index contributed by atoms with van der Waals surface area (Å²) in [5.41, 5.74) is 3.27. The Hall–Kier alpha value is -2.93. The van der Waals surface area contributed by atoms with Crippen molar-refractivity contribution in [2.24, 2.45) is 0 Å². The minimum atomic E-state index is -0.291. The van der Waals surface area contributed by atoms with Gasteiger partial charge in [0.05, 0.1) is 18.0 Å². The minimum absolute atomic E-state index is 0.0359. The predicted molar refractivity (Wildman–Crippen MR) is 112 cm³/mol. The smallest absolute Gasteiger partial charge is 0.272 e. The van der Waals surface area contributed by atoms with Gasteiger partial charge in [0.15, 0.2) is 5.69 Å². The van der Waals surface area contributed by atoms with Crippen molar-refractivity contribution in [1.82, 2.24) is 20.0 Å². The molecular weight excluding hydrogens is 383 g/mol. The van der Waals surface area contributed by atoms with Crippen LogP contribution in [0.15, 0.2) is 47.1 Å². The molecule has 0 spiro atoms. The van der Waals surface area contributed by atoms with E-state index in [1.807, 2.05) is 12.1 Å². The van der Waals surface area contributed by atoms with Gasteiger partial charge in [0, 0.05) is 17.8 Å². The molecule has 30 heavy (non-hydrogen) atoms. The standard InChI is InChI=1S/C23H27FN4O2/c1-3-27(4-2)20(21-9-6-14-30-21)15-25-23(29)22-18-7-5-8-19(18)28(26-22)17-12-10-16(24)11-13-17/h6,9-14,20H,3-5,7-8,15H2,1-2H3,(H,25,29). The third-order valence-electron chi connectivity index (χ3n) is 5.80. The Balaban J connectivity index is 1.56. The molecule has 0 radical (unpaired) electrons. The van der Waals surface area contributed by atoms with Gasteiger partial charge < -0.3 is 9.73 Å². The van der Waals surface area contributed by atoms with E-state index in [0.717, 1.165) is 55.1 Å². The number of likely N-dealkylation sites (N-methyl/N-ethyl adjacent to an activating group) is 1. The highest BCUT2D eigenvalue weighted by molar-refractivity contribution is 5.94. The average molecular weight is 410 g/mol. The summed E-state index contributed by atoms with van der Waals surface area (Å²) in [6, 6.07) is 9.98. The average Bonchev–Trinajstić information content (AvgIpc) is 3.49. The molecule has 1 N–H and O–H groups in total. The summed E-state index contributed by atoms with van der Waals surface area (Å²) in [4.78, 5) is 15.3. The van der Waals surface area contributed by atoms with Crippen LogP contribution in [-0.4, -0.2) is 40.2 Å². The SMILES string of the molecule is CCN(CC)C(CNC(=O)c1nn(-c2ccc(F)cc2)c2c1CCC2)c1ccco1. The van der Waals surface area contributed by atoms with Crippen LogP contribution in [-0.2, 0) is 12.8 Å². The fourth-order valence-corrected chi connectivity index (χ4v) is 4.24. The normalized spacial score (nSPS) is 14.1. The molecule has 0 saturated heterocycles. The summed E-state index contributed by atoms with van der Waals surface area (Å²) in [6.07, 6.45) is 4.34. The third kappa shape index (κ3) is 3.89. The van der Waals surface area contributed by atoms with Gasteiger partial charge >= 0.3 is 0 Å². The van der Waals surface area contributed by atoms with Crippen LogP contribution in [0, 0.1) is 5.82 Å². The molecule has 158 valence electrons. The van der Waals surface area contributed by atoms with Crippen LogP contribution in [0.25, 0.3) is 5.69 Å². The maximum absolute atomic E-state index is 13.3. The number of carbonyl (C=O) groups excluding carboxylic acids is 1. The summed E-state index contributed by atoms with van der Waals surface area (Å²) in [5, 5.41) is 7.67. The lowest BCUT2D eigenvalue weighted by molar-refractivity contribution is 0.0923. The Kier molecular flexibility index (Phi) is 5.99. The zero-order valence-electron chi connectivity index (χ0n) is 17.4. The van der Waals surface area contributed by atoms with Crippen LogP contribution >= 0.6 is 0 Å². The Morgan fingerprint density at radius 2 is 2.00 bits per heavy atom. The van der Waals surface area contributed by atoms with E-state index in [2.05, 4.69) is 29.2 Å². The van der Waals surface area contributed by atoms with Gasteiger partial charge in [-0.15, -0.1) is 0 Å². The lowest BCUT2D eigenvalue weighted by atomic mass is 10.1. The van der Waals surface area contributed by atoms with E-state index in [1.165, 1.54) is 12.1 Å². The fourth-order valence-electron chi connectivity index (χ4n) is 4.24. The number of hydrogen-bond acceptors (Lipinski definition) is 4. The summed E-state index contributed by atoms with van der Waals surface area (Å²) >= 11 is 0. The first-order chi connectivity index (χ1) is 14.6. The van der Waals surface area contributed by atoms with E-state index in [4.69, 9.17) is 4.42 Å². The molecule has 6 nitrogen and oxygen atoms in total. The van der Waals surface area contributed by atoms with Crippen LogP contribution in [0.4, 0.5) is 4.39 Å².